The van der Waals surface area contributed by atoms with Gasteiger partial charge in [0.1, 0.15) is 12.3 Å². The van der Waals surface area contributed by atoms with Crippen LogP contribution in [0.4, 0.5) is 22.1 Å². The summed E-state index contributed by atoms with van der Waals surface area (Å²) in [5.74, 6) is 0.254. The molecule has 3 amide bonds. The number of methoxy groups -OCH3 is 1. The van der Waals surface area contributed by atoms with Crippen LogP contribution in [-0.4, -0.2) is 62.0 Å². The lowest BCUT2D eigenvalue weighted by Gasteiger charge is -2.18. The summed E-state index contributed by atoms with van der Waals surface area (Å²) in [6.07, 6.45) is 2.84. The van der Waals surface area contributed by atoms with Crippen LogP contribution in [0.2, 0.25) is 0 Å². The number of amides is 3. The van der Waals surface area contributed by atoms with E-state index in [1.165, 1.54) is 41.6 Å². The average molecular weight is 483 g/mol. The van der Waals surface area contributed by atoms with E-state index in [1.807, 2.05) is 0 Å². The number of ether oxygens (including phenoxy) is 1. The third-order valence-corrected chi connectivity index (χ3v) is 6.40. The molecule has 2 heterocycles. The number of hydrogen-bond donors (Lipinski definition) is 2. The van der Waals surface area contributed by atoms with E-state index in [9.17, 15) is 18.0 Å². The first-order valence-corrected chi connectivity index (χ1v) is 11.7. The molecular formula is C22H22N6O5S. The predicted octanol–water partition coefficient (Wildman–Crippen LogP) is 2.17. The summed E-state index contributed by atoms with van der Waals surface area (Å²) in [7, 11) is -2.31. The molecule has 3 aromatic rings. The van der Waals surface area contributed by atoms with Gasteiger partial charge >= 0.3 is 6.03 Å². The van der Waals surface area contributed by atoms with Crippen LogP contribution < -0.4 is 19.7 Å². The highest BCUT2D eigenvalue weighted by Crippen LogP contribution is 2.23. The normalized spacial score (nSPS) is 13.6. The van der Waals surface area contributed by atoms with Crippen LogP contribution in [-0.2, 0) is 14.8 Å². The molecule has 0 atom stereocenters. The molecular weight excluding hydrogens is 460 g/mol. The lowest BCUT2D eigenvalue weighted by molar-refractivity contribution is -0.116. The van der Waals surface area contributed by atoms with Gasteiger partial charge in [0.25, 0.3) is 10.0 Å². The summed E-state index contributed by atoms with van der Waals surface area (Å²) in [6.45, 7) is 0.740. The van der Waals surface area contributed by atoms with Crippen molar-refractivity contribution in [2.75, 3.05) is 41.7 Å². The fraction of sp³-hybridized carbons (Fsp3) is 0.182. The molecule has 1 aromatic heterocycles. The van der Waals surface area contributed by atoms with Crippen molar-refractivity contribution in [3.63, 3.8) is 0 Å². The lowest BCUT2D eigenvalue weighted by atomic mass is 10.3. The van der Waals surface area contributed by atoms with Gasteiger partial charge in [0.05, 0.1) is 12.0 Å². The smallest absolute Gasteiger partial charge is 0.325 e. The standard InChI is InChI=1S/C22H22N6O5S/c1-33-18-7-5-17(6-8-18)28-14-13-27(22(28)30)15-20(29)25-16-3-9-19(10-4-16)34(31,32)26-21-23-11-2-12-24-21/h2-12H,13-15H2,1H3,(H,25,29)(H,23,24,26). The first-order valence-electron chi connectivity index (χ1n) is 10.3. The SMILES string of the molecule is COc1ccc(N2CCN(CC(=O)Nc3ccc(S(=O)(=O)Nc4ncccn4)cc3)C2=O)cc1. The first-order chi connectivity index (χ1) is 16.4. The van der Waals surface area contributed by atoms with Crippen molar-refractivity contribution in [1.29, 1.82) is 0 Å². The van der Waals surface area contributed by atoms with Gasteiger partial charge in [-0.25, -0.2) is 27.9 Å². The minimum atomic E-state index is -3.88. The molecule has 0 aliphatic carbocycles. The molecule has 12 heteroatoms. The van der Waals surface area contributed by atoms with E-state index in [0.29, 0.717) is 24.5 Å². The zero-order chi connectivity index (χ0) is 24.1. The number of aromatic nitrogens is 2. The van der Waals surface area contributed by atoms with Gasteiger partial charge in [-0.1, -0.05) is 0 Å². The maximum absolute atomic E-state index is 12.7. The molecule has 2 N–H and O–H groups in total. The molecule has 1 fully saturated rings. The highest BCUT2D eigenvalue weighted by atomic mass is 32.2. The largest absolute Gasteiger partial charge is 0.497 e. The Labute approximate surface area is 196 Å². The molecule has 1 aliphatic rings. The van der Waals surface area contributed by atoms with Crippen molar-refractivity contribution in [2.45, 2.75) is 4.90 Å². The van der Waals surface area contributed by atoms with E-state index in [4.69, 9.17) is 4.74 Å². The van der Waals surface area contributed by atoms with E-state index in [0.717, 1.165) is 5.69 Å². The van der Waals surface area contributed by atoms with Crippen LogP contribution in [0.1, 0.15) is 0 Å². The topological polar surface area (TPSA) is 134 Å². The Balaban J connectivity index is 1.33. The van der Waals surface area contributed by atoms with Gasteiger partial charge in [-0.05, 0) is 54.6 Å². The molecule has 34 heavy (non-hydrogen) atoms. The van der Waals surface area contributed by atoms with Crippen molar-refractivity contribution in [3.05, 3.63) is 67.0 Å². The van der Waals surface area contributed by atoms with Crippen molar-refractivity contribution in [1.82, 2.24) is 14.9 Å². The highest BCUT2D eigenvalue weighted by Gasteiger charge is 2.30. The Kier molecular flexibility index (Phi) is 6.59. The molecule has 0 radical (unpaired) electrons. The number of benzene rings is 2. The minimum Gasteiger partial charge on any atom is -0.497 e. The summed E-state index contributed by atoms with van der Waals surface area (Å²) in [5.41, 5.74) is 1.12. The van der Waals surface area contributed by atoms with Crippen molar-refractivity contribution in [2.24, 2.45) is 0 Å². The average Bonchev–Trinajstić information content (AvgIpc) is 3.19. The van der Waals surface area contributed by atoms with E-state index in [-0.39, 0.29) is 23.4 Å². The Morgan fingerprint density at radius 1 is 1.03 bits per heavy atom. The number of sulfonamides is 1. The molecule has 0 bridgehead atoms. The number of hydrogen-bond acceptors (Lipinski definition) is 7. The zero-order valence-corrected chi connectivity index (χ0v) is 19.0. The third-order valence-electron chi connectivity index (χ3n) is 5.05. The zero-order valence-electron chi connectivity index (χ0n) is 18.2. The van der Waals surface area contributed by atoms with Gasteiger partial charge in [-0.3, -0.25) is 9.69 Å². The van der Waals surface area contributed by atoms with Gasteiger partial charge in [0.15, 0.2) is 0 Å². The Bertz CT molecular complexity index is 1270. The van der Waals surface area contributed by atoms with Gasteiger partial charge in [0, 0.05) is 36.9 Å². The summed E-state index contributed by atoms with van der Waals surface area (Å²) in [4.78, 5) is 35.9. The monoisotopic (exact) mass is 482 g/mol. The van der Waals surface area contributed by atoms with Gasteiger partial charge < -0.3 is 15.0 Å². The molecule has 1 aliphatic heterocycles. The molecule has 4 rings (SSSR count). The Morgan fingerprint density at radius 3 is 2.35 bits per heavy atom. The summed E-state index contributed by atoms with van der Waals surface area (Å²) >= 11 is 0. The van der Waals surface area contributed by atoms with Crippen LogP contribution in [0.5, 0.6) is 5.75 Å². The maximum atomic E-state index is 12.7. The molecule has 11 nitrogen and oxygen atoms in total. The fourth-order valence-corrected chi connectivity index (χ4v) is 4.31. The van der Waals surface area contributed by atoms with Gasteiger partial charge in [-0.2, -0.15) is 0 Å². The van der Waals surface area contributed by atoms with Crippen LogP contribution in [0.3, 0.4) is 0 Å². The highest BCUT2D eigenvalue weighted by molar-refractivity contribution is 7.92. The molecule has 0 unspecified atom stereocenters. The van der Waals surface area contributed by atoms with Crippen LogP contribution in [0, 0.1) is 0 Å². The number of rotatable bonds is 8. The molecule has 2 aromatic carbocycles. The number of anilines is 3. The van der Waals surface area contributed by atoms with Crippen LogP contribution in [0.15, 0.2) is 71.9 Å². The Morgan fingerprint density at radius 2 is 1.71 bits per heavy atom. The van der Waals surface area contributed by atoms with Crippen LogP contribution in [0.25, 0.3) is 0 Å². The van der Waals surface area contributed by atoms with Crippen molar-refractivity contribution < 1.29 is 22.7 Å². The number of nitrogens with zero attached hydrogens (tertiary/aromatic N) is 4. The van der Waals surface area contributed by atoms with Crippen LogP contribution >= 0.6 is 0 Å². The number of carbonyl (C=O) groups is 2. The van der Waals surface area contributed by atoms with E-state index in [2.05, 4.69) is 20.0 Å². The third kappa shape index (κ3) is 5.23. The molecule has 0 spiro atoms. The maximum Gasteiger partial charge on any atom is 0.325 e. The second kappa shape index (κ2) is 9.75. The van der Waals surface area contributed by atoms with Crippen molar-refractivity contribution >= 4 is 39.3 Å². The number of nitrogens with one attached hydrogen (secondary N) is 2. The van der Waals surface area contributed by atoms with Gasteiger partial charge in [0.2, 0.25) is 11.9 Å². The quantitative estimate of drug-likeness (QED) is 0.503. The molecule has 1 saturated heterocycles. The number of carbonyl (C=O) groups excluding carboxylic acids is 2. The second-order valence-corrected chi connectivity index (χ2v) is 8.99. The minimum absolute atomic E-state index is 0.0113. The second-order valence-electron chi connectivity index (χ2n) is 7.30. The fourth-order valence-electron chi connectivity index (χ4n) is 3.35. The summed E-state index contributed by atoms with van der Waals surface area (Å²) < 4.78 is 32.3. The van der Waals surface area contributed by atoms with Crippen molar-refractivity contribution in [3.8, 4) is 5.75 Å². The lowest BCUT2D eigenvalue weighted by Crippen LogP contribution is -2.37. The Hall–Kier alpha value is -4.19. The van der Waals surface area contributed by atoms with E-state index < -0.39 is 15.9 Å². The molecule has 176 valence electrons. The van der Waals surface area contributed by atoms with Gasteiger partial charge in [-0.15, -0.1) is 0 Å². The molecule has 0 saturated carbocycles. The van der Waals surface area contributed by atoms with E-state index >= 15 is 0 Å². The number of urea groups is 1. The predicted molar refractivity (Wildman–Crippen MR) is 125 cm³/mol. The summed E-state index contributed by atoms with van der Waals surface area (Å²) in [6, 6.07) is 14.1. The first kappa shape index (κ1) is 23.0. The summed E-state index contributed by atoms with van der Waals surface area (Å²) in [5, 5.41) is 2.68. The van der Waals surface area contributed by atoms with E-state index in [1.54, 1.807) is 42.3 Å².